The summed E-state index contributed by atoms with van der Waals surface area (Å²) in [5.74, 6) is -0.659. The fourth-order valence-corrected chi connectivity index (χ4v) is 1.40. The quantitative estimate of drug-likeness (QED) is 0.671. The van der Waals surface area contributed by atoms with Gasteiger partial charge in [-0.2, -0.15) is 0 Å². The van der Waals surface area contributed by atoms with Crippen LogP contribution in [0.2, 0.25) is 0 Å². The van der Waals surface area contributed by atoms with Crippen molar-refractivity contribution in [2.24, 2.45) is 0 Å². The van der Waals surface area contributed by atoms with Crippen LogP contribution in [0, 0.1) is 0 Å². The van der Waals surface area contributed by atoms with Crippen molar-refractivity contribution in [1.82, 2.24) is 0 Å². The normalized spacial score (nSPS) is 34.1. The van der Waals surface area contributed by atoms with E-state index < -0.39 is 18.0 Å². The van der Waals surface area contributed by atoms with Gasteiger partial charge in [0, 0.05) is 0 Å². The van der Waals surface area contributed by atoms with Crippen LogP contribution in [0.3, 0.4) is 0 Å². The molecule has 0 saturated carbocycles. The average molecular weight is 184 g/mol. The molecule has 3 nitrogen and oxygen atoms in total. The molecule has 0 bridgehead atoms. The summed E-state index contributed by atoms with van der Waals surface area (Å²) in [5, 5.41) is 9.52. The summed E-state index contributed by atoms with van der Waals surface area (Å²) in [6.07, 6.45) is 1.68. The first-order valence-corrected chi connectivity index (χ1v) is 4.29. The topological polar surface area (TPSA) is 38.7 Å². The highest BCUT2D eigenvalue weighted by molar-refractivity contribution is 5.00. The van der Waals surface area contributed by atoms with Crippen LogP contribution in [0.1, 0.15) is 13.8 Å². The molecule has 0 aromatic rings. The van der Waals surface area contributed by atoms with E-state index in [1.54, 1.807) is 19.9 Å². The molecule has 0 amide bonds. The SMILES string of the molecule is C=C[C@@H](O)[C@H]1OC(C)(C)O[C@@H]1C=C. The Hall–Kier alpha value is -0.640. The van der Waals surface area contributed by atoms with Crippen molar-refractivity contribution in [1.29, 1.82) is 0 Å². The summed E-state index contributed by atoms with van der Waals surface area (Å²) in [6, 6.07) is 0. The van der Waals surface area contributed by atoms with E-state index in [0.29, 0.717) is 0 Å². The first kappa shape index (κ1) is 10.4. The summed E-state index contributed by atoms with van der Waals surface area (Å²) < 4.78 is 11.0. The number of hydrogen-bond acceptors (Lipinski definition) is 3. The lowest BCUT2D eigenvalue weighted by Gasteiger charge is -2.18. The Morgan fingerprint density at radius 3 is 2.46 bits per heavy atom. The Morgan fingerprint density at radius 2 is 2.00 bits per heavy atom. The fourth-order valence-electron chi connectivity index (χ4n) is 1.40. The van der Waals surface area contributed by atoms with E-state index in [9.17, 15) is 5.11 Å². The van der Waals surface area contributed by atoms with E-state index >= 15 is 0 Å². The van der Waals surface area contributed by atoms with Crippen molar-refractivity contribution in [2.75, 3.05) is 0 Å². The lowest BCUT2D eigenvalue weighted by molar-refractivity contribution is -0.150. The predicted octanol–water partition coefficient (Wildman–Crippen LogP) is 1.24. The Bertz CT molecular complexity index is 210. The number of hydrogen-bond donors (Lipinski definition) is 1. The minimum absolute atomic E-state index is 0.275. The van der Waals surface area contributed by atoms with E-state index in [0.717, 1.165) is 0 Å². The van der Waals surface area contributed by atoms with Crippen LogP contribution < -0.4 is 0 Å². The van der Waals surface area contributed by atoms with E-state index in [2.05, 4.69) is 13.2 Å². The van der Waals surface area contributed by atoms with Crippen LogP contribution in [0.25, 0.3) is 0 Å². The van der Waals surface area contributed by atoms with Crippen LogP contribution in [0.5, 0.6) is 0 Å². The third-order valence-corrected chi connectivity index (χ3v) is 1.97. The molecular formula is C10H16O3. The van der Waals surface area contributed by atoms with Gasteiger partial charge in [-0.05, 0) is 13.8 Å². The van der Waals surface area contributed by atoms with E-state index in [4.69, 9.17) is 9.47 Å². The minimum Gasteiger partial charge on any atom is -0.386 e. The maximum absolute atomic E-state index is 9.52. The minimum atomic E-state index is -0.718. The third-order valence-electron chi connectivity index (χ3n) is 1.97. The number of ether oxygens (including phenoxy) is 2. The molecule has 0 aliphatic carbocycles. The molecule has 1 N–H and O–H groups in total. The average Bonchev–Trinajstić information content (AvgIpc) is 2.39. The highest BCUT2D eigenvalue weighted by atomic mass is 16.8. The van der Waals surface area contributed by atoms with Crippen molar-refractivity contribution >= 4 is 0 Å². The molecule has 1 saturated heterocycles. The summed E-state index contributed by atoms with van der Waals surface area (Å²) in [7, 11) is 0. The van der Waals surface area contributed by atoms with Crippen LogP contribution >= 0.6 is 0 Å². The van der Waals surface area contributed by atoms with Gasteiger partial charge in [-0.25, -0.2) is 0 Å². The van der Waals surface area contributed by atoms with Crippen LogP contribution in [0.15, 0.2) is 25.3 Å². The monoisotopic (exact) mass is 184 g/mol. The molecule has 3 heteroatoms. The smallest absolute Gasteiger partial charge is 0.164 e. The lowest BCUT2D eigenvalue weighted by atomic mass is 10.1. The fraction of sp³-hybridized carbons (Fsp3) is 0.600. The van der Waals surface area contributed by atoms with Crippen molar-refractivity contribution < 1.29 is 14.6 Å². The summed E-state index contributed by atoms with van der Waals surface area (Å²) >= 11 is 0. The van der Waals surface area contributed by atoms with Gasteiger partial charge < -0.3 is 14.6 Å². The first-order valence-electron chi connectivity index (χ1n) is 4.29. The van der Waals surface area contributed by atoms with Crippen molar-refractivity contribution in [3.05, 3.63) is 25.3 Å². The Kier molecular flexibility index (Phi) is 2.91. The Labute approximate surface area is 78.7 Å². The molecule has 0 aromatic heterocycles. The van der Waals surface area contributed by atoms with Gasteiger partial charge in [0.05, 0.1) is 0 Å². The van der Waals surface area contributed by atoms with Gasteiger partial charge in [0.1, 0.15) is 18.3 Å². The molecule has 3 atom stereocenters. The molecular weight excluding hydrogens is 168 g/mol. The number of rotatable bonds is 3. The molecule has 0 unspecified atom stereocenters. The molecule has 13 heavy (non-hydrogen) atoms. The molecule has 1 aliphatic heterocycles. The zero-order valence-corrected chi connectivity index (χ0v) is 8.06. The van der Waals surface area contributed by atoms with Crippen LogP contribution in [0.4, 0.5) is 0 Å². The van der Waals surface area contributed by atoms with Gasteiger partial charge in [-0.15, -0.1) is 13.2 Å². The predicted molar refractivity (Wildman–Crippen MR) is 50.2 cm³/mol. The molecule has 1 aliphatic rings. The van der Waals surface area contributed by atoms with Gasteiger partial charge >= 0.3 is 0 Å². The van der Waals surface area contributed by atoms with Crippen molar-refractivity contribution in [3.8, 4) is 0 Å². The van der Waals surface area contributed by atoms with Crippen molar-refractivity contribution in [3.63, 3.8) is 0 Å². The summed E-state index contributed by atoms with van der Waals surface area (Å²) in [4.78, 5) is 0. The summed E-state index contributed by atoms with van der Waals surface area (Å²) in [6.45, 7) is 10.7. The van der Waals surface area contributed by atoms with E-state index in [1.807, 2.05) is 0 Å². The maximum Gasteiger partial charge on any atom is 0.164 e. The molecule has 0 radical (unpaired) electrons. The molecule has 1 heterocycles. The van der Waals surface area contributed by atoms with Gasteiger partial charge in [0.15, 0.2) is 5.79 Å². The van der Waals surface area contributed by atoms with Gasteiger partial charge in [-0.1, -0.05) is 12.2 Å². The maximum atomic E-state index is 9.52. The second-order valence-corrected chi connectivity index (χ2v) is 3.53. The van der Waals surface area contributed by atoms with Crippen molar-refractivity contribution in [2.45, 2.75) is 37.9 Å². The van der Waals surface area contributed by atoms with Crippen LogP contribution in [-0.4, -0.2) is 29.2 Å². The highest BCUT2D eigenvalue weighted by Crippen LogP contribution is 2.30. The molecule has 1 rings (SSSR count). The number of aliphatic hydroxyl groups is 1. The van der Waals surface area contributed by atoms with Gasteiger partial charge in [0.25, 0.3) is 0 Å². The third kappa shape index (κ3) is 2.18. The molecule has 0 spiro atoms. The molecule has 0 aromatic carbocycles. The zero-order chi connectivity index (χ0) is 10.1. The van der Waals surface area contributed by atoms with E-state index in [-0.39, 0.29) is 6.10 Å². The van der Waals surface area contributed by atoms with E-state index in [1.165, 1.54) is 6.08 Å². The Balaban J connectivity index is 2.74. The molecule has 74 valence electrons. The van der Waals surface area contributed by atoms with Gasteiger partial charge in [-0.3, -0.25) is 0 Å². The standard InChI is InChI=1S/C10H16O3/c1-5-7(11)9-8(6-2)12-10(3,4)13-9/h5-9,11H,1-2H2,3-4H3/t7-,8-,9-/m1/s1. The summed E-state index contributed by atoms with van der Waals surface area (Å²) in [5.41, 5.74) is 0. The second-order valence-electron chi connectivity index (χ2n) is 3.53. The highest BCUT2D eigenvalue weighted by Gasteiger charge is 2.42. The van der Waals surface area contributed by atoms with Gasteiger partial charge in [0.2, 0.25) is 0 Å². The second kappa shape index (κ2) is 3.62. The Morgan fingerprint density at radius 1 is 1.38 bits per heavy atom. The first-order chi connectivity index (χ1) is 6.00. The van der Waals surface area contributed by atoms with Crippen LogP contribution in [-0.2, 0) is 9.47 Å². The lowest BCUT2D eigenvalue weighted by Crippen LogP contribution is -2.32. The molecule has 1 fully saturated rings. The number of aliphatic hydroxyl groups excluding tert-OH is 1. The largest absolute Gasteiger partial charge is 0.386 e. The zero-order valence-electron chi connectivity index (χ0n) is 8.06.